The molecule has 4 nitrogen and oxygen atoms in total. The van der Waals surface area contributed by atoms with E-state index in [9.17, 15) is 4.79 Å². The summed E-state index contributed by atoms with van der Waals surface area (Å²) in [5.74, 6) is 0.843. The minimum atomic E-state index is -0.939. The summed E-state index contributed by atoms with van der Waals surface area (Å²) in [5, 5.41) is 8.57. The van der Waals surface area contributed by atoms with Gasteiger partial charge in [-0.25, -0.2) is 9.78 Å². The standard InChI is InChI=1S/C15H20N2O2/c1-12-3-2-9-17(10-8-12)14-6-4-13(11-16-14)5-7-15(18)19/h4-7,11-12H,2-3,8-10H2,1H3,(H,18,19)/b7-5+. The molecule has 0 aromatic carbocycles. The van der Waals surface area contributed by atoms with E-state index in [0.717, 1.165) is 36.5 Å². The summed E-state index contributed by atoms with van der Waals surface area (Å²) in [6.45, 7) is 4.41. The molecule has 1 fully saturated rings. The fraction of sp³-hybridized carbons (Fsp3) is 0.467. The second-order valence-corrected chi connectivity index (χ2v) is 5.14. The van der Waals surface area contributed by atoms with Gasteiger partial charge in [0.15, 0.2) is 0 Å². The van der Waals surface area contributed by atoms with E-state index in [1.807, 2.05) is 12.1 Å². The Bertz CT molecular complexity index is 454. The lowest BCUT2D eigenvalue weighted by Crippen LogP contribution is -2.24. The molecule has 1 aromatic heterocycles. The fourth-order valence-electron chi connectivity index (χ4n) is 2.34. The molecule has 1 aromatic rings. The normalized spacial score (nSPS) is 20.5. The van der Waals surface area contributed by atoms with Crippen LogP contribution in [0.25, 0.3) is 6.08 Å². The monoisotopic (exact) mass is 260 g/mol. The molecule has 1 unspecified atom stereocenters. The van der Waals surface area contributed by atoms with E-state index in [1.54, 1.807) is 12.3 Å². The maximum atomic E-state index is 10.4. The third-order valence-corrected chi connectivity index (χ3v) is 3.53. The largest absolute Gasteiger partial charge is 0.478 e. The number of nitrogens with zero attached hydrogens (tertiary/aromatic N) is 2. The Hall–Kier alpha value is -1.84. The molecule has 19 heavy (non-hydrogen) atoms. The van der Waals surface area contributed by atoms with Crippen LogP contribution in [-0.2, 0) is 4.79 Å². The number of hydrogen-bond donors (Lipinski definition) is 1. The van der Waals surface area contributed by atoms with Gasteiger partial charge in [0.2, 0.25) is 0 Å². The van der Waals surface area contributed by atoms with Crippen molar-refractivity contribution < 1.29 is 9.90 Å². The molecule has 1 aliphatic rings. The topological polar surface area (TPSA) is 53.4 Å². The number of carbonyl (C=O) groups is 1. The predicted octanol–water partition coefficient (Wildman–Crippen LogP) is 2.81. The summed E-state index contributed by atoms with van der Waals surface area (Å²) in [7, 11) is 0. The van der Waals surface area contributed by atoms with Crippen LogP contribution in [0.2, 0.25) is 0 Å². The molecule has 0 aliphatic carbocycles. The lowest BCUT2D eigenvalue weighted by molar-refractivity contribution is -0.131. The molecule has 2 heterocycles. The Morgan fingerprint density at radius 1 is 1.42 bits per heavy atom. The maximum absolute atomic E-state index is 10.4. The van der Waals surface area contributed by atoms with E-state index >= 15 is 0 Å². The summed E-state index contributed by atoms with van der Waals surface area (Å²) in [5.41, 5.74) is 0.814. The van der Waals surface area contributed by atoms with E-state index in [2.05, 4.69) is 16.8 Å². The van der Waals surface area contributed by atoms with E-state index in [-0.39, 0.29) is 0 Å². The van der Waals surface area contributed by atoms with Crippen molar-refractivity contribution in [2.45, 2.75) is 26.2 Å². The van der Waals surface area contributed by atoms with Gasteiger partial charge in [-0.3, -0.25) is 0 Å². The number of carboxylic acid groups (broad SMARTS) is 1. The van der Waals surface area contributed by atoms with Crippen LogP contribution in [0.3, 0.4) is 0 Å². The Balaban J connectivity index is 2.03. The Labute approximate surface area is 113 Å². The first-order chi connectivity index (χ1) is 9.15. The molecule has 4 heteroatoms. The Kier molecular flexibility index (Phi) is 4.55. The van der Waals surface area contributed by atoms with E-state index in [0.29, 0.717) is 0 Å². The number of anilines is 1. The van der Waals surface area contributed by atoms with E-state index in [4.69, 9.17) is 5.11 Å². The van der Waals surface area contributed by atoms with Crippen molar-refractivity contribution in [3.63, 3.8) is 0 Å². The van der Waals surface area contributed by atoms with Crippen molar-refractivity contribution in [2.24, 2.45) is 5.92 Å². The fourth-order valence-corrected chi connectivity index (χ4v) is 2.34. The van der Waals surface area contributed by atoms with Crippen molar-refractivity contribution >= 4 is 17.9 Å². The second kappa shape index (κ2) is 6.36. The molecule has 1 aliphatic heterocycles. The lowest BCUT2D eigenvalue weighted by atomic mass is 10.0. The van der Waals surface area contributed by atoms with Crippen LogP contribution in [0.1, 0.15) is 31.7 Å². The highest BCUT2D eigenvalue weighted by Crippen LogP contribution is 2.21. The molecule has 0 amide bonds. The number of pyridine rings is 1. The van der Waals surface area contributed by atoms with Crippen molar-refractivity contribution in [3.8, 4) is 0 Å². The molecule has 1 saturated heterocycles. The summed E-state index contributed by atoms with van der Waals surface area (Å²) >= 11 is 0. The molecule has 0 saturated carbocycles. The highest BCUT2D eigenvalue weighted by atomic mass is 16.4. The summed E-state index contributed by atoms with van der Waals surface area (Å²) in [6, 6.07) is 3.88. The Morgan fingerprint density at radius 2 is 2.26 bits per heavy atom. The number of rotatable bonds is 3. The zero-order valence-corrected chi connectivity index (χ0v) is 11.2. The molecule has 0 spiro atoms. The van der Waals surface area contributed by atoms with Crippen molar-refractivity contribution in [1.29, 1.82) is 0 Å². The van der Waals surface area contributed by atoms with Gasteiger partial charge in [0, 0.05) is 25.4 Å². The highest BCUT2D eigenvalue weighted by molar-refractivity contribution is 5.85. The van der Waals surface area contributed by atoms with E-state index < -0.39 is 5.97 Å². The molecule has 102 valence electrons. The number of aromatic nitrogens is 1. The number of hydrogen-bond acceptors (Lipinski definition) is 3. The van der Waals surface area contributed by atoms with E-state index in [1.165, 1.54) is 19.3 Å². The first kappa shape index (κ1) is 13.6. The average molecular weight is 260 g/mol. The maximum Gasteiger partial charge on any atom is 0.328 e. The Morgan fingerprint density at radius 3 is 2.95 bits per heavy atom. The van der Waals surface area contributed by atoms with Crippen LogP contribution in [0, 0.1) is 5.92 Å². The summed E-state index contributed by atoms with van der Waals surface area (Å²) in [6.07, 6.45) is 8.12. The smallest absolute Gasteiger partial charge is 0.328 e. The zero-order chi connectivity index (χ0) is 13.7. The van der Waals surface area contributed by atoms with Gasteiger partial charge in [-0.05, 0) is 49.0 Å². The number of aliphatic carboxylic acids is 1. The van der Waals surface area contributed by atoms with Gasteiger partial charge in [0.1, 0.15) is 5.82 Å². The van der Waals surface area contributed by atoms with Crippen LogP contribution in [0.5, 0.6) is 0 Å². The lowest BCUT2D eigenvalue weighted by Gasteiger charge is -2.21. The van der Waals surface area contributed by atoms with Gasteiger partial charge < -0.3 is 10.0 Å². The molecule has 2 rings (SSSR count). The molecular weight excluding hydrogens is 240 g/mol. The summed E-state index contributed by atoms with van der Waals surface area (Å²) < 4.78 is 0. The predicted molar refractivity (Wildman–Crippen MR) is 76.1 cm³/mol. The second-order valence-electron chi connectivity index (χ2n) is 5.14. The van der Waals surface area contributed by atoms with Gasteiger partial charge >= 0.3 is 5.97 Å². The van der Waals surface area contributed by atoms with Gasteiger partial charge in [0.25, 0.3) is 0 Å². The van der Waals surface area contributed by atoms with Gasteiger partial charge in [-0.2, -0.15) is 0 Å². The van der Waals surface area contributed by atoms with Crippen molar-refractivity contribution in [1.82, 2.24) is 4.98 Å². The van der Waals surface area contributed by atoms with Crippen LogP contribution in [0.15, 0.2) is 24.4 Å². The first-order valence-corrected chi connectivity index (χ1v) is 6.77. The highest BCUT2D eigenvalue weighted by Gasteiger charge is 2.14. The van der Waals surface area contributed by atoms with Crippen LogP contribution < -0.4 is 4.90 Å². The molecule has 0 bridgehead atoms. The van der Waals surface area contributed by atoms with Gasteiger partial charge in [-0.1, -0.05) is 6.92 Å². The third-order valence-electron chi connectivity index (χ3n) is 3.53. The van der Waals surface area contributed by atoms with Crippen molar-refractivity contribution in [3.05, 3.63) is 30.0 Å². The minimum Gasteiger partial charge on any atom is -0.478 e. The first-order valence-electron chi connectivity index (χ1n) is 6.77. The summed E-state index contributed by atoms with van der Waals surface area (Å²) in [4.78, 5) is 17.2. The zero-order valence-electron chi connectivity index (χ0n) is 11.2. The minimum absolute atomic E-state index is 0.794. The number of carboxylic acids is 1. The van der Waals surface area contributed by atoms with Crippen LogP contribution >= 0.6 is 0 Å². The average Bonchev–Trinajstić information content (AvgIpc) is 2.62. The molecule has 1 atom stereocenters. The van der Waals surface area contributed by atoms with Crippen LogP contribution in [-0.4, -0.2) is 29.1 Å². The molecular formula is C15H20N2O2. The van der Waals surface area contributed by atoms with Crippen molar-refractivity contribution in [2.75, 3.05) is 18.0 Å². The third kappa shape index (κ3) is 4.09. The SMILES string of the molecule is CC1CCCN(c2ccc(/C=C/C(=O)O)cn2)CC1. The molecule has 1 N–H and O–H groups in total. The van der Waals surface area contributed by atoms with Gasteiger partial charge in [-0.15, -0.1) is 0 Å². The van der Waals surface area contributed by atoms with Gasteiger partial charge in [0.05, 0.1) is 0 Å². The quantitative estimate of drug-likeness (QED) is 0.849. The van der Waals surface area contributed by atoms with Crippen LogP contribution in [0.4, 0.5) is 5.82 Å². The molecule has 0 radical (unpaired) electrons.